The maximum atomic E-state index is 5.86. The molecule has 78 valence electrons. The van der Waals surface area contributed by atoms with Gasteiger partial charge in [-0.2, -0.15) is 5.10 Å². The van der Waals surface area contributed by atoms with Gasteiger partial charge in [-0.3, -0.25) is 4.98 Å². The molecule has 0 saturated carbocycles. The van der Waals surface area contributed by atoms with E-state index in [1.807, 2.05) is 30.7 Å². The summed E-state index contributed by atoms with van der Waals surface area (Å²) in [7, 11) is 0. The second kappa shape index (κ2) is 4.03. The molecule has 0 aliphatic rings. The molecule has 15 heavy (non-hydrogen) atoms. The van der Waals surface area contributed by atoms with E-state index in [2.05, 4.69) is 10.1 Å². The summed E-state index contributed by atoms with van der Waals surface area (Å²) in [5, 5.41) is 4.42. The van der Waals surface area contributed by atoms with Gasteiger partial charge in [0.15, 0.2) is 0 Å². The minimum atomic E-state index is 0.446. The van der Waals surface area contributed by atoms with Crippen molar-refractivity contribution in [2.24, 2.45) is 0 Å². The van der Waals surface area contributed by atoms with Crippen molar-refractivity contribution in [1.82, 2.24) is 14.8 Å². The van der Waals surface area contributed by atoms with Crippen molar-refractivity contribution < 1.29 is 0 Å². The van der Waals surface area contributed by atoms with Crippen molar-refractivity contribution in [3.63, 3.8) is 0 Å². The summed E-state index contributed by atoms with van der Waals surface area (Å²) in [4.78, 5) is 4.05. The first kappa shape index (κ1) is 10.2. The molecule has 0 radical (unpaired) electrons. The van der Waals surface area contributed by atoms with Gasteiger partial charge in [-0.1, -0.05) is 0 Å². The Bertz CT molecular complexity index is 476. The van der Waals surface area contributed by atoms with Crippen LogP contribution in [0.2, 0.25) is 0 Å². The molecule has 0 aliphatic heterocycles. The maximum absolute atomic E-state index is 5.86. The summed E-state index contributed by atoms with van der Waals surface area (Å²) in [6.45, 7) is 4.00. The predicted octanol–water partition coefficient (Wildman–Crippen LogP) is 2.62. The zero-order valence-corrected chi connectivity index (χ0v) is 9.49. The van der Waals surface area contributed by atoms with Gasteiger partial charge in [-0.25, -0.2) is 4.68 Å². The van der Waals surface area contributed by atoms with Crippen molar-refractivity contribution >= 4 is 11.6 Å². The van der Waals surface area contributed by atoms with Gasteiger partial charge in [-0.05, 0) is 26.0 Å². The number of hydrogen-bond donors (Lipinski definition) is 0. The molecule has 2 aromatic rings. The van der Waals surface area contributed by atoms with E-state index in [1.165, 1.54) is 0 Å². The van der Waals surface area contributed by atoms with E-state index in [-0.39, 0.29) is 0 Å². The molecule has 0 unspecified atom stereocenters. The molecule has 0 atom stereocenters. The Morgan fingerprint density at radius 1 is 1.40 bits per heavy atom. The minimum Gasteiger partial charge on any atom is -0.264 e. The lowest BCUT2D eigenvalue weighted by Gasteiger charge is -2.07. The van der Waals surface area contributed by atoms with Crippen LogP contribution in [0.1, 0.15) is 17.0 Å². The van der Waals surface area contributed by atoms with Gasteiger partial charge in [0.05, 0.1) is 17.3 Å². The van der Waals surface area contributed by atoms with Crippen LogP contribution in [0.5, 0.6) is 0 Å². The molecule has 0 amide bonds. The van der Waals surface area contributed by atoms with E-state index in [4.69, 9.17) is 11.6 Å². The van der Waals surface area contributed by atoms with E-state index < -0.39 is 0 Å². The Morgan fingerprint density at radius 3 is 2.80 bits per heavy atom. The summed E-state index contributed by atoms with van der Waals surface area (Å²) in [6, 6.07) is 3.97. The fourth-order valence-electron chi connectivity index (χ4n) is 1.60. The van der Waals surface area contributed by atoms with E-state index >= 15 is 0 Å². The third-order valence-electron chi connectivity index (χ3n) is 2.26. The van der Waals surface area contributed by atoms with Crippen LogP contribution >= 0.6 is 11.6 Å². The lowest BCUT2D eigenvalue weighted by atomic mass is 10.2. The summed E-state index contributed by atoms with van der Waals surface area (Å²) >= 11 is 5.86. The Labute approximate surface area is 93.7 Å². The van der Waals surface area contributed by atoms with Crippen molar-refractivity contribution in [3.05, 3.63) is 41.5 Å². The lowest BCUT2D eigenvalue weighted by molar-refractivity contribution is 0.823. The quantitative estimate of drug-likeness (QED) is 0.730. The molecule has 2 heterocycles. The number of nitrogens with zero attached hydrogens (tertiary/aromatic N) is 3. The highest BCUT2D eigenvalue weighted by Crippen LogP contribution is 2.17. The average molecular weight is 222 g/mol. The largest absolute Gasteiger partial charge is 0.264 e. The van der Waals surface area contributed by atoms with Gasteiger partial charge < -0.3 is 0 Å². The first-order valence-electron chi connectivity index (χ1n) is 4.75. The third kappa shape index (κ3) is 1.88. The first-order chi connectivity index (χ1) is 7.22. The van der Waals surface area contributed by atoms with Crippen LogP contribution in [-0.4, -0.2) is 14.8 Å². The van der Waals surface area contributed by atoms with E-state index in [0.29, 0.717) is 5.88 Å². The Kier molecular flexibility index (Phi) is 2.73. The van der Waals surface area contributed by atoms with Crippen LogP contribution in [0.4, 0.5) is 0 Å². The van der Waals surface area contributed by atoms with E-state index in [9.17, 15) is 0 Å². The van der Waals surface area contributed by atoms with Crippen LogP contribution in [0.3, 0.4) is 0 Å². The third-order valence-corrected chi connectivity index (χ3v) is 2.55. The van der Waals surface area contributed by atoms with Crippen molar-refractivity contribution in [2.45, 2.75) is 19.7 Å². The standard InChI is InChI=1S/C11H12ClN3/c1-8-5-9(2)15(14-8)11-3-4-13-7-10(11)6-12/h3-5,7H,6H2,1-2H3. The van der Waals surface area contributed by atoms with Crippen molar-refractivity contribution in [3.8, 4) is 5.69 Å². The Morgan fingerprint density at radius 2 is 2.20 bits per heavy atom. The Hall–Kier alpha value is -1.35. The van der Waals surface area contributed by atoms with Gasteiger partial charge in [0, 0.05) is 23.7 Å². The van der Waals surface area contributed by atoms with Crippen LogP contribution < -0.4 is 0 Å². The van der Waals surface area contributed by atoms with Crippen LogP contribution in [0.15, 0.2) is 24.5 Å². The zero-order chi connectivity index (χ0) is 10.8. The van der Waals surface area contributed by atoms with Crippen molar-refractivity contribution in [2.75, 3.05) is 0 Å². The predicted molar refractivity (Wildman–Crippen MR) is 60.4 cm³/mol. The molecular formula is C11H12ClN3. The molecule has 3 nitrogen and oxygen atoms in total. The maximum Gasteiger partial charge on any atom is 0.0723 e. The van der Waals surface area contributed by atoms with Crippen LogP contribution in [-0.2, 0) is 5.88 Å². The fourth-order valence-corrected chi connectivity index (χ4v) is 1.81. The molecule has 2 aromatic heterocycles. The normalized spacial score (nSPS) is 10.6. The molecule has 0 N–H and O–H groups in total. The number of pyridine rings is 1. The summed E-state index contributed by atoms with van der Waals surface area (Å²) in [6.07, 6.45) is 3.53. The summed E-state index contributed by atoms with van der Waals surface area (Å²) in [5.74, 6) is 0.446. The monoisotopic (exact) mass is 221 g/mol. The van der Waals surface area contributed by atoms with Gasteiger partial charge >= 0.3 is 0 Å². The zero-order valence-electron chi connectivity index (χ0n) is 8.74. The van der Waals surface area contributed by atoms with Gasteiger partial charge in [0.1, 0.15) is 0 Å². The number of rotatable bonds is 2. The first-order valence-corrected chi connectivity index (χ1v) is 5.28. The van der Waals surface area contributed by atoms with E-state index in [0.717, 1.165) is 22.6 Å². The second-order valence-electron chi connectivity index (χ2n) is 3.48. The Balaban J connectivity index is 2.58. The summed E-state index contributed by atoms with van der Waals surface area (Å²) < 4.78 is 1.90. The highest BCUT2D eigenvalue weighted by atomic mass is 35.5. The molecular weight excluding hydrogens is 210 g/mol. The fraction of sp³-hybridized carbons (Fsp3) is 0.273. The molecule has 0 bridgehead atoms. The second-order valence-corrected chi connectivity index (χ2v) is 3.74. The number of aromatic nitrogens is 3. The average Bonchev–Trinajstić information content (AvgIpc) is 2.57. The topological polar surface area (TPSA) is 30.7 Å². The number of halogens is 1. The lowest BCUT2D eigenvalue weighted by Crippen LogP contribution is -2.02. The van der Waals surface area contributed by atoms with Crippen LogP contribution in [0, 0.1) is 13.8 Å². The van der Waals surface area contributed by atoms with Crippen LogP contribution in [0.25, 0.3) is 5.69 Å². The number of hydrogen-bond acceptors (Lipinski definition) is 2. The molecule has 0 fully saturated rings. The molecule has 0 aliphatic carbocycles. The molecule has 0 aromatic carbocycles. The SMILES string of the molecule is Cc1cc(C)n(-c2ccncc2CCl)n1. The van der Waals surface area contributed by atoms with E-state index in [1.54, 1.807) is 12.4 Å². The number of alkyl halides is 1. The van der Waals surface area contributed by atoms with Gasteiger partial charge in [0.2, 0.25) is 0 Å². The molecule has 2 rings (SSSR count). The highest BCUT2D eigenvalue weighted by Gasteiger charge is 2.07. The highest BCUT2D eigenvalue weighted by molar-refractivity contribution is 6.17. The van der Waals surface area contributed by atoms with Gasteiger partial charge in [-0.15, -0.1) is 11.6 Å². The molecule has 4 heteroatoms. The van der Waals surface area contributed by atoms with Crippen molar-refractivity contribution in [1.29, 1.82) is 0 Å². The minimum absolute atomic E-state index is 0.446. The summed E-state index contributed by atoms with van der Waals surface area (Å²) in [5.41, 5.74) is 4.10. The smallest absolute Gasteiger partial charge is 0.0723 e. The molecule has 0 saturated heterocycles. The molecule has 0 spiro atoms. The number of aryl methyl sites for hydroxylation is 2. The van der Waals surface area contributed by atoms with Gasteiger partial charge in [0.25, 0.3) is 0 Å².